The molecule has 0 bridgehead atoms. The zero-order valence-corrected chi connectivity index (χ0v) is 15.9. The van der Waals surface area contributed by atoms with Crippen molar-refractivity contribution in [2.24, 2.45) is 0 Å². The van der Waals surface area contributed by atoms with E-state index in [1.807, 2.05) is 0 Å². The van der Waals surface area contributed by atoms with Crippen LogP contribution in [0.3, 0.4) is 0 Å². The van der Waals surface area contributed by atoms with Gasteiger partial charge in [0.1, 0.15) is 6.04 Å². The number of ketones is 1. The molecular formula is C20H22N2O4S. The van der Waals surface area contributed by atoms with Gasteiger partial charge in [-0.15, -0.1) is 0 Å². The molecule has 1 heterocycles. The molecule has 0 aliphatic carbocycles. The maximum Gasteiger partial charge on any atom is 0.243 e. The van der Waals surface area contributed by atoms with E-state index >= 15 is 0 Å². The standard InChI is InChI=1S/C20H22N2O4S/c1-15(23)16-8-7-9-17(14-16)21-20(24)19-12-5-6-13-22(19)27(25,26)18-10-3-2-4-11-18/h2-4,7-11,14,19H,5-6,12-13H2,1H3,(H,21,24). The van der Waals surface area contributed by atoms with Gasteiger partial charge in [-0.25, -0.2) is 8.42 Å². The Balaban J connectivity index is 1.84. The smallest absolute Gasteiger partial charge is 0.243 e. The van der Waals surface area contributed by atoms with Crippen molar-refractivity contribution >= 4 is 27.4 Å². The molecule has 142 valence electrons. The van der Waals surface area contributed by atoms with E-state index in [2.05, 4.69) is 5.32 Å². The highest BCUT2D eigenvalue weighted by Crippen LogP contribution is 2.26. The van der Waals surface area contributed by atoms with Crippen LogP contribution in [0.25, 0.3) is 0 Å². The third-order valence-electron chi connectivity index (χ3n) is 4.64. The molecule has 1 aliphatic rings. The Bertz CT molecular complexity index is 941. The lowest BCUT2D eigenvalue weighted by atomic mass is 10.0. The van der Waals surface area contributed by atoms with Crippen molar-refractivity contribution in [2.45, 2.75) is 37.1 Å². The Morgan fingerprint density at radius 1 is 1.04 bits per heavy atom. The van der Waals surface area contributed by atoms with Crippen LogP contribution in [0.4, 0.5) is 5.69 Å². The number of rotatable bonds is 5. The van der Waals surface area contributed by atoms with Gasteiger partial charge in [0.25, 0.3) is 0 Å². The molecule has 3 rings (SSSR count). The van der Waals surface area contributed by atoms with E-state index < -0.39 is 16.1 Å². The number of Topliss-reactive ketones (excluding diaryl/α,β-unsaturated/α-hetero) is 1. The van der Waals surface area contributed by atoms with Gasteiger partial charge in [-0.1, -0.05) is 36.8 Å². The quantitative estimate of drug-likeness (QED) is 0.801. The molecule has 1 unspecified atom stereocenters. The number of anilines is 1. The number of carbonyl (C=O) groups excluding carboxylic acids is 2. The van der Waals surface area contributed by atoms with Crippen molar-refractivity contribution in [1.82, 2.24) is 4.31 Å². The van der Waals surface area contributed by atoms with Crippen LogP contribution in [0, 0.1) is 0 Å². The van der Waals surface area contributed by atoms with Crippen molar-refractivity contribution < 1.29 is 18.0 Å². The first-order valence-electron chi connectivity index (χ1n) is 8.88. The third kappa shape index (κ3) is 4.26. The van der Waals surface area contributed by atoms with Crippen molar-refractivity contribution in [3.63, 3.8) is 0 Å². The van der Waals surface area contributed by atoms with E-state index in [0.717, 1.165) is 12.8 Å². The Kier molecular flexibility index (Phi) is 5.72. The van der Waals surface area contributed by atoms with Gasteiger partial charge in [0.2, 0.25) is 15.9 Å². The minimum atomic E-state index is -3.75. The van der Waals surface area contributed by atoms with Crippen LogP contribution in [0.1, 0.15) is 36.5 Å². The SMILES string of the molecule is CC(=O)c1cccc(NC(=O)C2CCCCN2S(=O)(=O)c2ccccc2)c1. The van der Waals surface area contributed by atoms with Gasteiger partial charge in [-0.05, 0) is 44.0 Å². The molecule has 2 aromatic carbocycles. The van der Waals surface area contributed by atoms with E-state index in [1.54, 1.807) is 42.5 Å². The number of sulfonamides is 1. The molecule has 0 spiro atoms. The summed E-state index contributed by atoms with van der Waals surface area (Å²) < 4.78 is 27.3. The lowest BCUT2D eigenvalue weighted by Crippen LogP contribution is -2.49. The van der Waals surface area contributed by atoms with Gasteiger partial charge in [0, 0.05) is 17.8 Å². The third-order valence-corrected chi connectivity index (χ3v) is 6.57. The monoisotopic (exact) mass is 386 g/mol. The molecule has 1 atom stereocenters. The highest BCUT2D eigenvalue weighted by Gasteiger charge is 2.37. The molecule has 6 nitrogen and oxygen atoms in total. The van der Waals surface area contributed by atoms with Crippen LogP contribution in [-0.2, 0) is 14.8 Å². The fourth-order valence-corrected chi connectivity index (χ4v) is 4.90. The Labute approximate surface area is 159 Å². The van der Waals surface area contributed by atoms with Gasteiger partial charge in [-0.2, -0.15) is 4.31 Å². The molecule has 27 heavy (non-hydrogen) atoms. The minimum Gasteiger partial charge on any atom is -0.325 e. The molecule has 1 fully saturated rings. The predicted octanol–water partition coefficient (Wildman–Crippen LogP) is 3.07. The summed E-state index contributed by atoms with van der Waals surface area (Å²) in [5.74, 6) is -0.480. The Hall–Kier alpha value is -2.51. The molecule has 0 aromatic heterocycles. The van der Waals surface area contributed by atoms with E-state index in [-0.39, 0.29) is 16.6 Å². The number of nitrogens with zero attached hydrogens (tertiary/aromatic N) is 1. The Morgan fingerprint density at radius 3 is 2.48 bits per heavy atom. The Morgan fingerprint density at radius 2 is 1.78 bits per heavy atom. The molecule has 7 heteroatoms. The van der Waals surface area contributed by atoms with E-state index in [1.165, 1.54) is 23.4 Å². The molecule has 0 saturated carbocycles. The minimum absolute atomic E-state index is 0.1000. The van der Waals surface area contributed by atoms with Crippen LogP contribution in [0.5, 0.6) is 0 Å². The lowest BCUT2D eigenvalue weighted by molar-refractivity contribution is -0.120. The number of amides is 1. The number of hydrogen-bond acceptors (Lipinski definition) is 4. The number of nitrogens with one attached hydrogen (secondary N) is 1. The summed E-state index contributed by atoms with van der Waals surface area (Å²) in [4.78, 5) is 24.5. The average Bonchev–Trinajstić information content (AvgIpc) is 2.69. The predicted molar refractivity (Wildman–Crippen MR) is 103 cm³/mol. The van der Waals surface area contributed by atoms with E-state index in [4.69, 9.17) is 0 Å². The maximum atomic E-state index is 13.0. The van der Waals surface area contributed by atoms with Crippen LogP contribution < -0.4 is 5.32 Å². The van der Waals surface area contributed by atoms with Crippen molar-refractivity contribution in [3.8, 4) is 0 Å². The summed E-state index contributed by atoms with van der Waals surface area (Å²) in [7, 11) is -3.75. The normalized spacial score (nSPS) is 18.0. The summed E-state index contributed by atoms with van der Waals surface area (Å²) in [6.45, 7) is 1.76. The molecule has 1 N–H and O–H groups in total. The molecule has 1 saturated heterocycles. The number of carbonyl (C=O) groups is 2. The zero-order valence-electron chi connectivity index (χ0n) is 15.1. The summed E-state index contributed by atoms with van der Waals surface area (Å²) in [5, 5.41) is 2.76. The van der Waals surface area contributed by atoms with Gasteiger partial charge >= 0.3 is 0 Å². The zero-order chi connectivity index (χ0) is 19.4. The first-order valence-corrected chi connectivity index (χ1v) is 10.3. The fraction of sp³-hybridized carbons (Fsp3) is 0.300. The molecular weight excluding hydrogens is 364 g/mol. The molecule has 1 aliphatic heterocycles. The summed E-state index contributed by atoms with van der Waals surface area (Å²) in [6.07, 6.45) is 1.96. The van der Waals surface area contributed by atoms with Crippen molar-refractivity contribution in [3.05, 3.63) is 60.2 Å². The van der Waals surface area contributed by atoms with Crippen molar-refractivity contribution in [1.29, 1.82) is 0 Å². The van der Waals surface area contributed by atoms with Crippen LogP contribution >= 0.6 is 0 Å². The lowest BCUT2D eigenvalue weighted by Gasteiger charge is -2.33. The molecule has 1 amide bonds. The van der Waals surface area contributed by atoms with E-state index in [9.17, 15) is 18.0 Å². The van der Waals surface area contributed by atoms with Gasteiger partial charge in [-0.3, -0.25) is 9.59 Å². The number of hydrogen-bond donors (Lipinski definition) is 1. The highest BCUT2D eigenvalue weighted by atomic mass is 32.2. The van der Waals surface area contributed by atoms with E-state index in [0.29, 0.717) is 24.2 Å². The second-order valence-electron chi connectivity index (χ2n) is 6.57. The maximum absolute atomic E-state index is 13.0. The summed E-state index contributed by atoms with van der Waals surface area (Å²) in [5.41, 5.74) is 0.973. The van der Waals surface area contributed by atoms with Crippen molar-refractivity contribution in [2.75, 3.05) is 11.9 Å². The highest BCUT2D eigenvalue weighted by molar-refractivity contribution is 7.89. The molecule has 0 radical (unpaired) electrons. The van der Waals surface area contributed by atoms with Gasteiger partial charge in [0.05, 0.1) is 4.90 Å². The first kappa shape index (κ1) is 19.3. The van der Waals surface area contributed by atoms with Crippen LogP contribution in [0.2, 0.25) is 0 Å². The number of benzene rings is 2. The van der Waals surface area contributed by atoms with Gasteiger partial charge < -0.3 is 5.32 Å². The fourth-order valence-electron chi connectivity index (χ4n) is 3.22. The topological polar surface area (TPSA) is 83.6 Å². The summed E-state index contributed by atoms with van der Waals surface area (Å²) >= 11 is 0. The average molecular weight is 386 g/mol. The van der Waals surface area contributed by atoms with Gasteiger partial charge in [0.15, 0.2) is 5.78 Å². The first-order chi connectivity index (χ1) is 12.9. The second kappa shape index (κ2) is 8.02. The number of piperidine rings is 1. The van der Waals surface area contributed by atoms with Crippen LogP contribution in [-0.4, -0.2) is 37.0 Å². The molecule has 2 aromatic rings. The largest absolute Gasteiger partial charge is 0.325 e. The summed E-state index contributed by atoms with van der Waals surface area (Å²) in [6, 6.07) is 14.0. The second-order valence-corrected chi connectivity index (χ2v) is 8.46. The van der Waals surface area contributed by atoms with Crippen LogP contribution in [0.15, 0.2) is 59.5 Å².